The summed E-state index contributed by atoms with van der Waals surface area (Å²) in [5, 5.41) is 13.5. The number of rotatable bonds is 6. The number of hydrogen-bond acceptors (Lipinski definition) is 7. The number of ether oxygens (including phenoxy) is 2. The molecule has 0 aliphatic carbocycles. The molecule has 0 bridgehead atoms. The van der Waals surface area contributed by atoms with Gasteiger partial charge in [-0.1, -0.05) is 11.6 Å². The van der Waals surface area contributed by atoms with E-state index in [4.69, 9.17) is 21.1 Å². The van der Waals surface area contributed by atoms with Crippen LogP contribution in [0.5, 0.6) is 5.75 Å². The highest BCUT2D eigenvalue weighted by Gasteiger charge is 2.18. The zero-order valence-corrected chi connectivity index (χ0v) is 13.6. The highest BCUT2D eigenvalue weighted by molar-refractivity contribution is 6.29. The van der Waals surface area contributed by atoms with Gasteiger partial charge < -0.3 is 14.8 Å². The fourth-order valence-electron chi connectivity index (χ4n) is 1.83. The van der Waals surface area contributed by atoms with Gasteiger partial charge in [0.05, 0.1) is 23.7 Å². The fraction of sp³-hybridized carbons (Fsp3) is 0.133. The molecule has 0 unspecified atom stereocenters. The number of hydrogen-bond donors (Lipinski definition) is 1. The molecule has 2 rings (SSSR count). The molecule has 0 aliphatic rings. The molecular formula is C15H12ClN3O6. The summed E-state index contributed by atoms with van der Waals surface area (Å²) in [4.78, 5) is 37.8. The van der Waals surface area contributed by atoms with E-state index in [1.807, 2.05) is 0 Å². The van der Waals surface area contributed by atoms with Crippen molar-refractivity contribution >= 4 is 34.9 Å². The molecule has 0 saturated carbocycles. The maximum absolute atomic E-state index is 11.9. The van der Waals surface area contributed by atoms with Gasteiger partial charge in [0.25, 0.3) is 11.6 Å². The number of anilines is 1. The van der Waals surface area contributed by atoms with Crippen molar-refractivity contribution in [2.75, 3.05) is 19.0 Å². The van der Waals surface area contributed by atoms with Crippen LogP contribution in [0.25, 0.3) is 0 Å². The van der Waals surface area contributed by atoms with E-state index in [1.54, 1.807) is 0 Å². The minimum Gasteiger partial charge on any atom is -0.496 e. The van der Waals surface area contributed by atoms with Gasteiger partial charge in [-0.15, -0.1) is 0 Å². The number of halogens is 1. The molecule has 0 spiro atoms. The fourth-order valence-corrected chi connectivity index (χ4v) is 2.00. The average molecular weight is 366 g/mol. The van der Waals surface area contributed by atoms with Crippen LogP contribution < -0.4 is 10.1 Å². The largest absolute Gasteiger partial charge is 0.496 e. The molecule has 2 aromatic rings. The third-order valence-corrected chi connectivity index (χ3v) is 3.18. The number of esters is 1. The first-order chi connectivity index (χ1) is 11.9. The highest BCUT2D eigenvalue weighted by Crippen LogP contribution is 2.28. The summed E-state index contributed by atoms with van der Waals surface area (Å²) in [6.07, 6.45) is 1.32. The molecule has 25 heavy (non-hydrogen) atoms. The Morgan fingerprint density at radius 2 is 2.08 bits per heavy atom. The number of nitro benzene ring substituents is 1. The molecule has 0 fully saturated rings. The predicted octanol–water partition coefficient (Wildman–Crippen LogP) is 2.45. The number of methoxy groups -OCH3 is 1. The lowest BCUT2D eigenvalue weighted by molar-refractivity contribution is -0.384. The Bertz CT molecular complexity index is 827. The molecule has 10 heteroatoms. The number of nitro groups is 1. The van der Waals surface area contributed by atoms with Gasteiger partial charge in [0.15, 0.2) is 6.61 Å². The van der Waals surface area contributed by atoms with E-state index in [-0.39, 0.29) is 27.8 Å². The SMILES string of the molecule is COc1ccc(NC(=O)COC(=O)c2ccnc(Cl)c2)c([N+](=O)[O-])c1. The Hall–Kier alpha value is -3.20. The molecule has 0 atom stereocenters. The highest BCUT2D eigenvalue weighted by atomic mass is 35.5. The number of carbonyl (C=O) groups excluding carboxylic acids is 2. The second-order valence-electron chi connectivity index (χ2n) is 4.63. The van der Waals surface area contributed by atoms with Gasteiger partial charge in [0.1, 0.15) is 16.6 Å². The molecule has 1 aromatic carbocycles. The molecule has 1 aromatic heterocycles. The van der Waals surface area contributed by atoms with Gasteiger partial charge in [-0.3, -0.25) is 14.9 Å². The van der Waals surface area contributed by atoms with Crippen LogP contribution in [0.15, 0.2) is 36.5 Å². The van der Waals surface area contributed by atoms with Crippen LogP contribution in [-0.4, -0.2) is 35.5 Å². The number of benzene rings is 1. The maximum Gasteiger partial charge on any atom is 0.338 e. The third-order valence-electron chi connectivity index (χ3n) is 2.97. The van der Waals surface area contributed by atoms with Gasteiger partial charge in [-0.25, -0.2) is 9.78 Å². The minimum absolute atomic E-state index is 0.0428. The smallest absolute Gasteiger partial charge is 0.338 e. The Labute approximate surface area is 146 Å². The Morgan fingerprint density at radius 1 is 1.32 bits per heavy atom. The molecule has 9 nitrogen and oxygen atoms in total. The lowest BCUT2D eigenvalue weighted by Crippen LogP contribution is -2.21. The first-order valence-electron chi connectivity index (χ1n) is 6.81. The molecule has 0 saturated heterocycles. The summed E-state index contributed by atoms with van der Waals surface area (Å²) in [5.74, 6) is -1.24. The van der Waals surface area contributed by atoms with Crippen molar-refractivity contribution in [2.24, 2.45) is 0 Å². The summed E-state index contributed by atoms with van der Waals surface area (Å²) in [6.45, 7) is -0.623. The predicted molar refractivity (Wildman–Crippen MR) is 87.8 cm³/mol. The average Bonchev–Trinajstić information content (AvgIpc) is 2.59. The first-order valence-corrected chi connectivity index (χ1v) is 7.19. The number of pyridine rings is 1. The Kier molecular flexibility index (Phi) is 5.85. The van der Waals surface area contributed by atoms with Crippen LogP contribution in [0.2, 0.25) is 5.15 Å². The first kappa shape index (κ1) is 18.1. The van der Waals surface area contributed by atoms with E-state index in [0.717, 1.165) is 0 Å². The molecular weight excluding hydrogens is 354 g/mol. The lowest BCUT2D eigenvalue weighted by Gasteiger charge is -2.08. The van der Waals surface area contributed by atoms with E-state index in [9.17, 15) is 19.7 Å². The topological polar surface area (TPSA) is 121 Å². The van der Waals surface area contributed by atoms with Crippen molar-refractivity contribution in [3.05, 3.63) is 57.4 Å². The normalized spacial score (nSPS) is 10.0. The van der Waals surface area contributed by atoms with Gasteiger partial charge in [-0.05, 0) is 24.3 Å². The summed E-state index contributed by atoms with van der Waals surface area (Å²) in [6, 6.07) is 6.60. The number of amides is 1. The molecule has 0 radical (unpaired) electrons. The van der Waals surface area contributed by atoms with Crippen LogP contribution in [0.3, 0.4) is 0 Å². The van der Waals surface area contributed by atoms with Crippen molar-refractivity contribution in [1.29, 1.82) is 0 Å². The van der Waals surface area contributed by atoms with Crippen molar-refractivity contribution < 1.29 is 24.0 Å². The van der Waals surface area contributed by atoms with Gasteiger partial charge in [0, 0.05) is 6.20 Å². The second kappa shape index (κ2) is 8.06. The number of carbonyl (C=O) groups is 2. The summed E-state index contributed by atoms with van der Waals surface area (Å²) in [5.41, 5.74) is -0.262. The maximum atomic E-state index is 11.9. The molecule has 0 aliphatic heterocycles. The van der Waals surface area contributed by atoms with Crippen molar-refractivity contribution in [3.8, 4) is 5.75 Å². The molecule has 1 heterocycles. The molecule has 130 valence electrons. The Balaban J connectivity index is 2.01. The Morgan fingerprint density at radius 3 is 2.72 bits per heavy atom. The van der Waals surface area contributed by atoms with Crippen LogP contribution in [0, 0.1) is 10.1 Å². The van der Waals surface area contributed by atoms with Crippen molar-refractivity contribution in [3.63, 3.8) is 0 Å². The number of aromatic nitrogens is 1. The summed E-state index contributed by atoms with van der Waals surface area (Å²) in [7, 11) is 1.36. The third kappa shape index (κ3) is 4.88. The number of nitrogens with zero attached hydrogens (tertiary/aromatic N) is 2. The lowest BCUT2D eigenvalue weighted by atomic mass is 10.2. The quantitative estimate of drug-likeness (QED) is 0.361. The molecule has 1 amide bonds. The van der Waals surface area contributed by atoms with Crippen LogP contribution in [0.1, 0.15) is 10.4 Å². The zero-order chi connectivity index (χ0) is 18.4. The monoisotopic (exact) mass is 365 g/mol. The van der Waals surface area contributed by atoms with E-state index in [1.165, 1.54) is 43.6 Å². The standard InChI is InChI=1S/C15H12ClN3O6/c1-24-10-2-3-11(12(7-10)19(22)23)18-14(20)8-25-15(21)9-4-5-17-13(16)6-9/h2-7H,8H2,1H3,(H,18,20). The zero-order valence-electron chi connectivity index (χ0n) is 12.9. The van der Waals surface area contributed by atoms with E-state index in [0.29, 0.717) is 0 Å². The van der Waals surface area contributed by atoms with Crippen molar-refractivity contribution in [2.45, 2.75) is 0 Å². The van der Waals surface area contributed by atoms with E-state index < -0.39 is 23.4 Å². The summed E-state index contributed by atoms with van der Waals surface area (Å²) >= 11 is 5.66. The van der Waals surface area contributed by atoms with Crippen molar-refractivity contribution in [1.82, 2.24) is 4.98 Å². The summed E-state index contributed by atoms with van der Waals surface area (Å²) < 4.78 is 9.73. The van der Waals surface area contributed by atoms with E-state index in [2.05, 4.69) is 10.3 Å². The van der Waals surface area contributed by atoms with Gasteiger partial charge in [0.2, 0.25) is 0 Å². The number of nitrogens with one attached hydrogen (secondary N) is 1. The van der Waals surface area contributed by atoms with Crippen LogP contribution in [-0.2, 0) is 9.53 Å². The van der Waals surface area contributed by atoms with Gasteiger partial charge in [-0.2, -0.15) is 0 Å². The van der Waals surface area contributed by atoms with Crippen LogP contribution in [0.4, 0.5) is 11.4 Å². The minimum atomic E-state index is -0.774. The van der Waals surface area contributed by atoms with Gasteiger partial charge >= 0.3 is 5.97 Å². The molecule has 1 N–H and O–H groups in total. The van der Waals surface area contributed by atoms with Crippen LogP contribution >= 0.6 is 11.6 Å². The second-order valence-corrected chi connectivity index (χ2v) is 5.02. The van der Waals surface area contributed by atoms with E-state index >= 15 is 0 Å².